The first-order valence-electron chi connectivity index (χ1n) is 7.46. The molecular weight excluding hydrogens is 316 g/mol. The summed E-state index contributed by atoms with van der Waals surface area (Å²) in [5.74, 6) is 1.94. The SMILES string of the molecule is COc1cc(OC)cc(-c2nnc(S[C@H]3CCCCC3=O)o2)c1. The average Bonchev–Trinajstić information content (AvgIpc) is 3.05. The Balaban J connectivity index is 1.80. The minimum absolute atomic E-state index is 0.0723. The van der Waals surface area contributed by atoms with Gasteiger partial charge in [-0.1, -0.05) is 18.2 Å². The Morgan fingerprint density at radius 1 is 1.13 bits per heavy atom. The van der Waals surface area contributed by atoms with Crippen molar-refractivity contribution in [1.29, 1.82) is 0 Å². The molecule has 6 nitrogen and oxygen atoms in total. The number of aromatic nitrogens is 2. The lowest BCUT2D eigenvalue weighted by Crippen LogP contribution is -2.21. The zero-order valence-corrected chi connectivity index (χ0v) is 13.9. The number of carbonyl (C=O) groups is 1. The van der Waals surface area contributed by atoms with Crippen LogP contribution in [-0.2, 0) is 4.79 Å². The number of ketones is 1. The average molecular weight is 334 g/mol. The van der Waals surface area contributed by atoms with Gasteiger partial charge in [-0.05, 0) is 25.0 Å². The minimum atomic E-state index is -0.0723. The lowest BCUT2D eigenvalue weighted by molar-refractivity contribution is -0.119. The van der Waals surface area contributed by atoms with Crippen molar-refractivity contribution in [2.75, 3.05) is 14.2 Å². The maximum Gasteiger partial charge on any atom is 0.277 e. The van der Waals surface area contributed by atoms with Gasteiger partial charge in [0.25, 0.3) is 5.22 Å². The van der Waals surface area contributed by atoms with E-state index in [0.717, 1.165) is 24.8 Å². The summed E-state index contributed by atoms with van der Waals surface area (Å²) in [5, 5.41) is 8.46. The molecule has 0 unspecified atom stereocenters. The number of Topliss-reactive ketones (excluding diaryl/α,β-unsaturated/α-hetero) is 1. The molecule has 1 aromatic heterocycles. The van der Waals surface area contributed by atoms with E-state index in [0.29, 0.717) is 29.0 Å². The molecule has 7 heteroatoms. The van der Waals surface area contributed by atoms with E-state index in [9.17, 15) is 4.79 Å². The fraction of sp³-hybridized carbons (Fsp3) is 0.438. The highest BCUT2D eigenvalue weighted by Gasteiger charge is 2.25. The Morgan fingerprint density at radius 2 is 1.87 bits per heavy atom. The van der Waals surface area contributed by atoms with Crippen molar-refractivity contribution in [3.05, 3.63) is 18.2 Å². The Bertz CT molecular complexity index is 679. The van der Waals surface area contributed by atoms with Crippen LogP contribution in [0, 0.1) is 0 Å². The highest BCUT2D eigenvalue weighted by molar-refractivity contribution is 8.00. The van der Waals surface area contributed by atoms with Crippen molar-refractivity contribution in [3.63, 3.8) is 0 Å². The molecule has 1 saturated carbocycles. The molecule has 1 aliphatic carbocycles. The number of hydrogen-bond donors (Lipinski definition) is 0. The molecule has 23 heavy (non-hydrogen) atoms. The Hall–Kier alpha value is -2.02. The van der Waals surface area contributed by atoms with Crippen LogP contribution in [0.25, 0.3) is 11.5 Å². The van der Waals surface area contributed by atoms with Crippen molar-refractivity contribution < 1.29 is 18.7 Å². The van der Waals surface area contributed by atoms with Gasteiger partial charge < -0.3 is 13.9 Å². The summed E-state index contributed by atoms with van der Waals surface area (Å²) in [4.78, 5) is 11.9. The molecular formula is C16H18N2O4S. The summed E-state index contributed by atoms with van der Waals surface area (Å²) in [7, 11) is 3.17. The van der Waals surface area contributed by atoms with Crippen molar-refractivity contribution in [1.82, 2.24) is 10.2 Å². The van der Waals surface area contributed by atoms with Crippen LogP contribution in [0.2, 0.25) is 0 Å². The molecule has 0 aliphatic heterocycles. The number of hydrogen-bond acceptors (Lipinski definition) is 7. The second-order valence-corrected chi connectivity index (χ2v) is 6.45. The lowest BCUT2D eigenvalue weighted by atomic mass is 9.99. The first-order chi connectivity index (χ1) is 11.2. The second kappa shape index (κ2) is 7.04. The van der Waals surface area contributed by atoms with Crippen LogP contribution in [0.3, 0.4) is 0 Å². The predicted molar refractivity (Wildman–Crippen MR) is 86.0 cm³/mol. The van der Waals surface area contributed by atoms with Gasteiger partial charge >= 0.3 is 0 Å². The minimum Gasteiger partial charge on any atom is -0.497 e. The Morgan fingerprint density at radius 3 is 2.52 bits per heavy atom. The monoisotopic (exact) mass is 334 g/mol. The molecule has 1 aliphatic rings. The summed E-state index contributed by atoms with van der Waals surface area (Å²) < 4.78 is 16.2. The number of ether oxygens (including phenoxy) is 2. The number of thioether (sulfide) groups is 1. The van der Waals surface area contributed by atoms with Crippen LogP contribution in [0.1, 0.15) is 25.7 Å². The van der Waals surface area contributed by atoms with Crippen LogP contribution < -0.4 is 9.47 Å². The topological polar surface area (TPSA) is 74.5 Å². The van der Waals surface area contributed by atoms with Crippen molar-refractivity contribution >= 4 is 17.5 Å². The van der Waals surface area contributed by atoms with E-state index in [4.69, 9.17) is 13.9 Å². The normalized spacial score (nSPS) is 18.0. The molecule has 2 aromatic rings. The molecule has 1 aromatic carbocycles. The molecule has 0 bridgehead atoms. The number of benzene rings is 1. The Kier molecular flexibility index (Phi) is 4.85. The molecule has 0 amide bonds. The third-order valence-electron chi connectivity index (χ3n) is 3.75. The van der Waals surface area contributed by atoms with Gasteiger partial charge in [-0.3, -0.25) is 4.79 Å². The van der Waals surface area contributed by atoms with E-state index in [1.807, 2.05) is 0 Å². The number of nitrogens with zero attached hydrogens (tertiary/aromatic N) is 2. The van der Waals surface area contributed by atoms with Crippen molar-refractivity contribution in [2.24, 2.45) is 0 Å². The zero-order chi connectivity index (χ0) is 16.2. The number of rotatable bonds is 5. The molecule has 0 spiro atoms. The third-order valence-corrected chi connectivity index (χ3v) is 4.90. The van der Waals surface area contributed by atoms with Crippen LogP contribution in [-0.4, -0.2) is 35.5 Å². The maximum atomic E-state index is 11.9. The molecule has 1 fully saturated rings. The van der Waals surface area contributed by atoms with Gasteiger partial charge in [0.15, 0.2) is 0 Å². The lowest BCUT2D eigenvalue weighted by Gasteiger charge is -2.17. The standard InChI is InChI=1S/C16H18N2O4S/c1-20-11-7-10(8-12(9-11)21-2)15-17-18-16(22-15)23-14-6-4-3-5-13(14)19/h7-9,14H,3-6H2,1-2H3/t14-/m0/s1. The number of methoxy groups -OCH3 is 2. The summed E-state index contributed by atoms with van der Waals surface area (Å²) in [5.41, 5.74) is 0.718. The van der Waals surface area contributed by atoms with Gasteiger partial charge in [-0.15, -0.1) is 10.2 Å². The van der Waals surface area contributed by atoms with Crippen molar-refractivity contribution in [3.8, 4) is 23.0 Å². The summed E-state index contributed by atoms with van der Waals surface area (Å²) in [6.07, 6.45) is 3.56. The van der Waals surface area contributed by atoms with Gasteiger partial charge in [0, 0.05) is 18.1 Å². The highest BCUT2D eigenvalue weighted by atomic mass is 32.2. The first-order valence-corrected chi connectivity index (χ1v) is 8.34. The van der Waals surface area contributed by atoms with E-state index in [1.165, 1.54) is 11.8 Å². The van der Waals surface area contributed by atoms with Gasteiger partial charge in [-0.2, -0.15) is 0 Å². The zero-order valence-electron chi connectivity index (χ0n) is 13.1. The smallest absolute Gasteiger partial charge is 0.277 e. The molecule has 0 N–H and O–H groups in total. The van der Waals surface area contributed by atoms with Crippen LogP contribution >= 0.6 is 11.8 Å². The maximum absolute atomic E-state index is 11.9. The molecule has 1 atom stereocenters. The fourth-order valence-corrected chi connectivity index (χ4v) is 3.49. The predicted octanol–water partition coefficient (Wildman–Crippen LogP) is 3.36. The Labute approximate surface area is 138 Å². The van der Waals surface area contributed by atoms with Gasteiger partial charge in [0.1, 0.15) is 17.3 Å². The molecule has 0 radical (unpaired) electrons. The fourth-order valence-electron chi connectivity index (χ4n) is 2.50. The van der Waals surface area contributed by atoms with Crippen molar-refractivity contribution in [2.45, 2.75) is 36.2 Å². The second-order valence-electron chi connectivity index (χ2n) is 5.29. The molecule has 1 heterocycles. The van der Waals surface area contributed by atoms with E-state index in [1.54, 1.807) is 32.4 Å². The van der Waals surface area contributed by atoms with E-state index < -0.39 is 0 Å². The highest BCUT2D eigenvalue weighted by Crippen LogP contribution is 2.34. The summed E-state index contributed by atoms with van der Waals surface area (Å²) >= 11 is 1.36. The number of carbonyl (C=O) groups excluding carboxylic acids is 1. The summed E-state index contributed by atoms with van der Waals surface area (Å²) in [6.45, 7) is 0. The first kappa shape index (κ1) is 15.9. The molecule has 3 rings (SSSR count). The van der Waals surface area contributed by atoms with Gasteiger partial charge in [-0.25, -0.2) is 0 Å². The third kappa shape index (κ3) is 3.67. The summed E-state index contributed by atoms with van der Waals surface area (Å²) in [6, 6.07) is 5.38. The van der Waals surface area contributed by atoms with Crippen LogP contribution in [0.5, 0.6) is 11.5 Å². The van der Waals surface area contributed by atoms with E-state index in [2.05, 4.69) is 10.2 Å². The van der Waals surface area contributed by atoms with E-state index >= 15 is 0 Å². The van der Waals surface area contributed by atoms with E-state index in [-0.39, 0.29) is 11.0 Å². The van der Waals surface area contributed by atoms with Crippen LogP contribution in [0.15, 0.2) is 27.8 Å². The molecule has 122 valence electrons. The van der Waals surface area contributed by atoms with Gasteiger partial charge in [0.05, 0.1) is 19.5 Å². The molecule has 0 saturated heterocycles. The largest absolute Gasteiger partial charge is 0.497 e. The van der Waals surface area contributed by atoms with Gasteiger partial charge in [0.2, 0.25) is 5.89 Å². The van der Waals surface area contributed by atoms with Crippen LogP contribution in [0.4, 0.5) is 0 Å². The quantitative estimate of drug-likeness (QED) is 0.830.